The first kappa shape index (κ1) is 19.5. The zero-order chi connectivity index (χ0) is 19.3. The van der Waals surface area contributed by atoms with Gasteiger partial charge in [0, 0.05) is 18.3 Å². The molecule has 5 nitrogen and oxygen atoms in total. The molecule has 0 unspecified atom stereocenters. The van der Waals surface area contributed by atoms with Crippen LogP contribution in [0.5, 0.6) is 5.75 Å². The third kappa shape index (κ3) is 5.62. The maximum absolute atomic E-state index is 12.1. The Balaban J connectivity index is 1.91. The monoisotopic (exact) mass is 354 g/mol. The molecule has 0 aliphatic rings. The first-order valence-electron chi connectivity index (χ1n) is 8.56. The Morgan fingerprint density at radius 1 is 1.00 bits per heavy atom. The van der Waals surface area contributed by atoms with Gasteiger partial charge in [-0.05, 0) is 53.8 Å². The fourth-order valence-electron chi connectivity index (χ4n) is 2.47. The Hall–Kier alpha value is -2.82. The summed E-state index contributed by atoms with van der Waals surface area (Å²) < 4.78 is 5.55. The van der Waals surface area contributed by atoms with E-state index in [0.717, 1.165) is 11.3 Å². The van der Waals surface area contributed by atoms with Gasteiger partial charge in [-0.25, -0.2) is 0 Å². The van der Waals surface area contributed by atoms with Crippen LogP contribution < -0.4 is 15.4 Å². The zero-order valence-corrected chi connectivity index (χ0v) is 16.0. The summed E-state index contributed by atoms with van der Waals surface area (Å²) in [5, 5.41) is 5.53. The molecule has 0 aliphatic carbocycles. The number of ether oxygens (including phenoxy) is 1. The Labute approximate surface area is 154 Å². The molecule has 0 heterocycles. The summed E-state index contributed by atoms with van der Waals surface area (Å²) in [7, 11) is 0. The molecule has 0 saturated carbocycles. The molecular formula is C21H26N2O3. The molecular weight excluding hydrogens is 328 g/mol. The Morgan fingerprint density at radius 3 is 2.19 bits per heavy atom. The highest BCUT2D eigenvalue weighted by molar-refractivity contribution is 5.93. The third-order valence-corrected chi connectivity index (χ3v) is 3.91. The van der Waals surface area contributed by atoms with Gasteiger partial charge in [-0.3, -0.25) is 9.59 Å². The van der Waals surface area contributed by atoms with E-state index in [1.807, 2.05) is 31.2 Å². The molecule has 0 fully saturated rings. The molecule has 2 aromatic rings. The van der Waals surface area contributed by atoms with Gasteiger partial charge in [0.15, 0.2) is 6.61 Å². The minimum atomic E-state index is -0.239. The quantitative estimate of drug-likeness (QED) is 0.843. The number of aryl methyl sites for hydroxylation is 1. The highest BCUT2D eigenvalue weighted by Crippen LogP contribution is 2.24. The van der Waals surface area contributed by atoms with Crippen LogP contribution >= 0.6 is 0 Å². The van der Waals surface area contributed by atoms with Gasteiger partial charge >= 0.3 is 0 Å². The molecule has 26 heavy (non-hydrogen) atoms. The predicted molar refractivity (Wildman–Crippen MR) is 105 cm³/mol. The van der Waals surface area contributed by atoms with Crippen LogP contribution in [0.25, 0.3) is 0 Å². The molecule has 0 aliphatic heterocycles. The van der Waals surface area contributed by atoms with E-state index in [1.165, 1.54) is 12.5 Å². The van der Waals surface area contributed by atoms with Crippen molar-refractivity contribution in [2.45, 2.75) is 40.0 Å². The highest BCUT2D eigenvalue weighted by Gasteiger charge is 2.13. The second-order valence-corrected chi connectivity index (χ2v) is 7.32. The lowest BCUT2D eigenvalue weighted by Gasteiger charge is -2.19. The molecule has 2 rings (SSSR count). The topological polar surface area (TPSA) is 67.4 Å². The largest absolute Gasteiger partial charge is 0.484 e. The van der Waals surface area contributed by atoms with Crippen molar-refractivity contribution in [2.24, 2.45) is 0 Å². The molecule has 0 spiro atoms. The van der Waals surface area contributed by atoms with Gasteiger partial charge in [0.2, 0.25) is 5.91 Å². The van der Waals surface area contributed by atoms with Gasteiger partial charge in [0.05, 0.1) is 0 Å². The number of hydrogen-bond acceptors (Lipinski definition) is 3. The van der Waals surface area contributed by atoms with Crippen molar-refractivity contribution in [3.05, 3.63) is 53.6 Å². The molecule has 0 bridgehead atoms. The first-order valence-corrected chi connectivity index (χ1v) is 8.56. The molecule has 138 valence electrons. The van der Waals surface area contributed by atoms with Gasteiger partial charge in [-0.1, -0.05) is 32.9 Å². The molecule has 0 saturated heterocycles. The van der Waals surface area contributed by atoms with Gasteiger partial charge in [-0.2, -0.15) is 0 Å². The average Bonchev–Trinajstić information content (AvgIpc) is 2.55. The molecule has 2 amide bonds. The van der Waals surface area contributed by atoms with Crippen molar-refractivity contribution in [1.29, 1.82) is 0 Å². The van der Waals surface area contributed by atoms with Crippen molar-refractivity contribution in [3.63, 3.8) is 0 Å². The van der Waals surface area contributed by atoms with E-state index in [-0.39, 0.29) is 23.8 Å². The van der Waals surface area contributed by atoms with E-state index in [0.29, 0.717) is 11.4 Å². The smallest absolute Gasteiger partial charge is 0.262 e. The normalized spacial score (nSPS) is 11.0. The standard InChI is InChI=1S/C21H26N2O3/c1-14-12-17(8-11-19(14)22-15(2)24)23-20(25)13-26-18-9-6-16(7-10-18)21(3,4)5/h6-12H,13H2,1-5H3,(H,22,24)(H,23,25). The summed E-state index contributed by atoms with van der Waals surface area (Å²) >= 11 is 0. The van der Waals surface area contributed by atoms with Crippen molar-refractivity contribution in [2.75, 3.05) is 17.2 Å². The minimum absolute atomic E-state index is 0.0681. The SMILES string of the molecule is CC(=O)Nc1ccc(NC(=O)COc2ccc(C(C)(C)C)cc2)cc1C. The fraction of sp³-hybridized carbons (Fsp3) is 0.333. The third-order valence-electron chi connectivity index (χ3n) is 3.91. The van der Waals surface area contributed by atoms with E-state index in [2.05, 4.69) is 31.4 Å². The number of rotatable bonds is 5. The molecule has 0 aromatic heterocycles. The lowest BCUT2D eigenvalue weighted by molar-refractivity contribution is -0.118. The van der Waals surface area contributed by atoms with E-state index in [9.17, 15) is 9.59 Å². The lowest BCUT2D eigenvalue weighted by Crippen LogP contribution is -2.20. The second-order valence-electron chi connectivity index (χ2n) is 7.32. The molecule has 0 atom stereocenters. The Bertz CT molecular complexity index is 790. The fourth-order valence-corrected chi connectivity index (χ4v) is 2.47. The summed E-state index contributed by atoms with van der Waals surface area (Å²) in [5.41, 5.74) is 3.55. The van der Waals surface area contributed by atoms with Crippen LogP contribution in [0.1, 0.15) is 38.8 Å². The van der Waals surface area contributed by atoms with Crippen molar-refractivity contribution >= 4 is 23.2 Å². The number of amides is 2. The number of carbonyl (C=O) groups is 2. The van der Waals surface area contributed by atoms with Crippen LogP contribution in [0.2, 0.25) is 0 Å². The Morgan fingerprint density at radius 2 is 1.65 bits per heavy atom. The molecule has 5 heteroatoms. The van der Waals surface area contributed by atoms with Crippen molar-refractivity contribution in [3.8, 4) is 5.75 Å². The van der Waals surface area contributed by atoms with Crippen molar-refractivity contribution in [1.82, 2.24) is 0 Å². The van der Waals surface area contributed by atoms with Crippen LogP contribution in [-0.2, 0) is 15.0 Å². The maximum Gasteiger partial charge on any atom is 0.262 e. The number of carbonyl (C=O) groups excluding carboxylic acids is 2. The summed E-state index contributed by atoms with van der Waals surface area (Å²) in [6.45, 7) is 9.70. The summed E-state index contributed by atoms with van der Waals surface area (Å²) in [6, 6.07) is 13.1. The average molecular weight is 354 g/mol. The van der Waals surface area contributed by atoms with Gasteiger partial charge in [0.25, 0.3) is 5.91 Å². The Kier molecular flexibility index (Phi) is 6.03. The maximum atomic E-state index is 12.1. The van der Waals surface area contributed by atoms with Crippen LogP contribution in [-0.4, -0.2) is 18.4 Å². The summed E-state index contributed by atoms with van der Waals surface area (Å²) in [5.74, 6) is 0.290. The van der Waals surface area contributed by atoms with Gasteiger partial charge in [0.1, 0.15) is 5.75 Å². The van der Waals surface area contributed by atoms with Crippen LogP contribution in [0, 0.1) is 6.92 Å². The summed E-state index contributed by atoms with van der Waals surface area (Å²) in [6.07, 6.45) is 0. The van der Waals surface area contributed by atoms with Crippen LogP contribution in [0.4, 0.5) is 11.4 Å². The van der Waals surface area contributed by atoms with Gasteiger partial charge < -0.3 is 15.4 Å². The van der Waals surface area contributed by atoms with E-state index >= 15 is 0 Å². The van der Waals surface area contributed by atoms with E-state index in [4.69, 9.17) is 4.74 Å². The van der Waals surface area contributed by atoms with E-state index in [1.54, 1.807) is 18.2 Å². The molecule has 2 N–H and O–H groups in total. The van der Waals surface area contributed by atoms with Crippen LogP contribution in [0.3, 0.4) is 0 Å². The lowest BCUT2D eigenvalue weighted by atomic mass is 9.87. The van der Waals surface area contributed by atoms with Crippen molar-refractivity contribution < 1.29 is 14.3 Å². The minimum Gasteiger partial charge on any atom is -0.484 e. The zero-order valence-electron chi connectivity index (χ0n) is 16.0. The van der Waals surface area contributed by atoms with Crippen LogP contribution in [0.15, 0.2) is 42.5 Å². The number of hydrogen-bond donors (Lipinski definition) is 2. The predicted octanol–water partition coefficient (Wildman–Crippen LogP) is 4.27. The number of nitrogens with one attached hydrogen (secondary N) is 2. The summed E-state index contributed by atoms with van der Waals surface area (Å²) in [4.78, 5) is 23.2. The number of anilines is 2. The van der Waals surface area contributed by atoms with E-state index < -0.39 is 0 Å². The number of benzene rings is 2. The highest BCUT2D eigenvalue weighted by atomic mass is 16.5. The second kappa shape index (κ2) is 8.04. The molecule has 0 radical (unpaired) electrons. The molecule has 2 aromatic carbocycles. The van der Waals surface area contributed by atoms with Gasteiger partial charge in [-0.15, -0.1) is 0 Å². The first-order chi connectivity index (χ1) is 12.1.